The van der Waals surface area contributed by atoms with Crippen molar-refractivity contribution in [3.63, 3.8) is 0 Å². The molecule has 4 rings (SSSR count). The first-order chi connectivity index (χ1) is 16.4. The molecule has 34 heavy (non-hydrogen) atoms. The smallest absolute Gasteiger partial charge is 0.272 e. The molecule has 0 aliphatic carbocycles. The highest BCUT2D eigenvalue weighted by molar-refractivity contribution is 6.30. The number of nitro benzene ring substituents is 1. The summed E-state index contributed by atoms with van der Waals surface area (Å²) in [5.41, 5.74) is 2.86. The summed E-state index contributed by atoms with van der Waals surface area (Å²) < 4.78 is 7.48. The van der Waals surface area contributed by atoms with Gasteiger partial charge in [-0.15, -0.1) is 0 Å². The van der Waals surface area contributed by atoms with E-state index in [1.807, 2.05) is 30.3 Å². The monoisotopic (exact) mass is 476 g/mol. The summed E-state index contributed by atoms with van der Waals surface area (Å²) in [4.78, 5) is 23.2. The molecule has 0 saturated carbocycles. The molecular weight excluding hydrogens is 456 g/mol. The quantitative estimate of drug-likeness (QED) is 0.262. The zero-order chi connectivity index (χ0) is 24.1. The van der Waals surface area contributed by atoms with Gasteiger partial charge in [0.15, 0.2) is 5.82 Å². The SMILES string of the molecule is Cc1cc(OCc2cccc(C(=O)Nc3ccn(Cc4ccc(Cl)cc4)n3)c2)ccc1[N+](=O)[O-]. The highest BCUT2D eigenvalue weighted by atomic mass is 35.5. The topological polar surface area (TPSA) is 99.3 Å². The maximum absolute atomic E-state index is 12.7. The Labute approximate surface area is 200 Å². The predicted molar refractivity (Wildman–Crippen MR) is 129 cm³/mol. The van der Waals surface area contributed by atoms with Crippen LogP contribution in [0.3, 0.4) is 0 Å². The molecule has 172 valence electrons. The second-order valence-corrected chi connectivity index (χ2v) is 8.11. The van der Waals surface area contributed by atoms with Crippen LogP contribution >= 0.6 is 11.6 Å². The average molecular weight is 477 g/mol. The van der Waals surface area contributed by atoms with Gasteiger partial charge in [0, 0.05) is 34.5 Å². The van der Waals surface area contributed by atoms with E-state index in [0.29, 0.717) is 34.3 Å². The van der Waals surface area contributed by atoms with Crippen molar-refractivity contribution < 1.29 is 14.5 Å². The van der Waals surface area contributed by atoms with Gasteiger partial charge in [-0.3, -0.25) is 19.6 Å². The number of nitrogens with one attached hydrogen (secondary N) is 1. The van der Waals surface area contributed by atoms with E-state index >= 15 is 0 Å². The number of halogens is 1. The van der Waals surface area contributed by atoms with E-state index < -0.39 is 4.92 Å². The standard InChI is InChI=1S/C25H21ClN4O4/c1-17-13-22(9-10-23(17)30(32)33)34-16-19-3-2-4-20(14-19)25(31)27-24-11-12-29(28-24)15-18-5-7-21(26)8-6-18/h2-14H,15-16H2,1H3,(H,27,28,31). The van der Waals surface area contributed by atoms with Crippen molar-refractivity contribution in [2.45, 2.75) is 20.1 Å². The Morgan fingerprint density at radius 2 is 1.88 bits per heavy atom. The first-order valence-corrected chi connectivity index (χ1v) is 10.8. The molecule has 0 saturated heterocycles. The maximum atomic E-state index is 12.7. The van der Waals surface area contributed by atoms with E-state index in [2.05, 4.69) is 10.4 Å². The van der Waals surface area contributed by atoms with Crippen LogP contribution in [-0.4, -0.2) is 20.6 Å². The van der Waals surface area contributed by atoms with E-state index in [9.17, 15) is 14.9 Å². The van der Waals surface area contributed by atoms with Crippen molar-refractivity contribution in [3.8, 4) is 5.75 Å². The summed E-state index contributed by atoms with van der Waals surface area (Å²) in [5, 5.41) is 18.8. The van der Waals surface area contributed by atoms with Crippen LogP contribution in [0, 0.1) is 17.0 Å². The minimum Gasteiger partial charge on any atom is -0.489 e. The molecule has 3 aromatic carbocycles. The number of nitro groups is 1. The minimum atomic E-state index is -0.429. The van der Waals surface area contributed by atoms with Gasteiger partial charge in [0.05, 0.1) is 11.5 Å². The van der Waals surface area contributed by atoms with E-state index in [1.165, 1.54) is 6.07 Å². The van der Waals surface area contributed by atoms with Crippen LogP contribution in [0.15, 0.2) is 79.0 Å². The number of hydrogen-bond acceptors (Lipinski definition) is 5. The van der Waals surface area contributed by atoms with Crippen LogP contribution in [0.5, 0.6) is 5.75 Å². The van der Waals surface area contributed by atoms with Gasteiger partial charge in [0.2, 0.25) is 0 Å². The number of amides is 1. The summed E-state index contributed by atoms with van der Waals surface area (Å²) >= 11 is 5.92. The maximum Gasteiger partial charge on any atom is 0.272 e. The largest absolute Gasteiger partial charge is 0.489 e. The molecule has 0 radical (unpaired) electrons. The number of aromatic nitrogens is 2. The van der Waals surface area contributed by atoms with Gasteiger partial charge in [-0.1, -0.05) is 35.9 Å². The molecule has 1 heterocycles. The number of rotatable bonds is 8. The van der Waals surface area contributed by atoms with Gasteiger partial charge in [0.1, 0.15) is 12.4 Å². The van der Waals surface area contributed by atoms with E-state index in [0.717, 1.165) is 11.1 Å². The zero-order valence-electron chi connectivity index (χ0n) is 18.3. The zero-order valence-corrected chi connectivity index (χ0v) is 19.0. The molecule has 1 amide bonds. The summed E-state index contributed by atoms with van der Waals surface area (Å²) in [6.07, 6.45) is 1.79. The summed E-state index contributed by atoms with van der Waals surface area (Å²) in [6.45, 7) is 2.43. The molecule has 0 unspecified atom stereocenters. The number of carbonyl (C=O) groups is 1. The average Bonchev–Trinajstić information content (AvgIpc) is 3.25. The molecular formula is C25H21ClN4O4. The number of ether oxygens (including phenoxy) is 1. The summed E-state index contributed by atoms with van der Waals surface area (Å²) in [7, 11) is 0. The van der Waals surface area contributed by atoms with Gasteiger partial charge >= 0.3 is 0 Å². The van der Waals surface area contributed by atoms with Gasteiger partial charge < -0.3 is 10.1 Å². The lowest BCUT2D eigenvalue weighted by atomic mass is 10.1. The van der Waals surface area contributed by atoms with Crippen LogP contribution in [0.25, 0.3) is 0 Å². The molecule has 0 spiro atoms. The lowest BCUT2D eigenvalue weighted by Gasteiger charge is -2.09. The second-order valence-electron chi connectivity index (χ2n) is 7.67. The van der Waals surface area contributed by atoms with Crippen molar-refractivity contribution >= 4 is 29.0 Å². The van der Waals surface area contributed by atoms with Crippen molar-refractivity contribution in [1.82, 2.24) is 9.78 Å². The molecule has 9 heteroatoms. The Kier molecular flexibility index (Phi) is 6.89. The number of anilines is 1. The molecule has 1 aromatic heterocycles. The van der Waals surface area contributed by atoms with Crippen LogP contribution in [0.1, 0.15) is 27.0 Å². The number of carbonyl (C=O) groups excluding carboxylic acids is 1. The fourth-order valence-corrected chi connectivity index (χ4v) is 3.50. The Balaban J connectivity index is 1.36. The molecule has 1 N–H and O–H groups in total. The van der Waals surface area contributed by atoms with Gasteiger partial charge in [-0.25, -0.2) is 0 Å². The fourth-order valence-electron chi connectivity index (χ4n) is 3.37. The third kappa shape index (κ3) is 5.79. The molecule has 4 aromatic rings. The normalized spacial score (nSPS) is 10.6. The van der Waals surface area contributed by atoms with E-state index in [4.69, 9.17) is 16.3 Å². The highest BCUT2D eigenvalue weighted by Gasteiger charge is 2.12. The van der Waals surface area contributed by atoms with Gasteiger partial charge in [0.25, 0.3) is 11.6 Å². The van der Waals surface area contributed by atoms with Gasteiger partial charge in [-0.05, 0) is 54.4 Å². The molecule has 0 bridgehead atoms. The van der Waals surface area contributed by atoms with E-state index in [-0.39, 0.29) is 18.2 Å². The van der Waals surface area contributed by atoms with Crippen molar-refractivity contribution in [2.24, 2.45) is 0 Å². The lowest BCUT2D eigenvalue weighted by molar-refractivity contribution is -0.385. The van der Waals surface area contributed by atoms with Crippen molar-refractivity contribution in [3.05, 3.63) is 116 Å². The van der Waals surface area contributed by atoms with Crippen LogP contribution in [0.4, 0.5) is 11.5 Å². The first kappa shape index (κ1) is 23.0. The number of nitrogens with zero attached hydrogens (tertiary/aromatic N) is 3. The molecule has 0 aliphatic heterocycles. The summed E-state index contributed by atoms with van der Waals surface area (Å²) in [6, 6.07) is 20.9. The predicted octanol–water partition coefficient (Wildman–Crippen LogP) is 5.63. The van der Waals surface area contributed by atoms with Crippen molar-refractivity contribution in [1.29, 1.82) is 0 Å². The third-order valence-electron chi connectivity index (χ3n) is 5.10. The molecule has 0 atom stereocenters. The number of aryl methyl sites for hydroxylation is 1. The summed E-state index contributed by atoms with van der Waals surface area (Å²) in [5.74, 6) is 0.677. The minimum absolute atomic E-state index is 0.0432. The Bertz CT molecular complexity index is 1340. The Morgan fingerprint density at radius 3 is 2.62 bits per heavy atom. The lowest BCUT2D eigenvalue weighted by Crippen LogP contribution is -2.13. The Hall–Kier alpha value is -4.17. The van der Waals surface area contributed by atoms with Crippen LogP contribution in [-0.2, 0) is 13.2 Å². The third-order valence-corrected chi connectivity index (χ3v) is 5.35. The van der Waals surface area contributed by atoms with Crippen molar-refractivity contribution in [2.75, 3.05) is 5.32 Å². The first-order valence-electron chi connectivity index (χ1n) is 10.4. The number of benzene rings is 3. The fraction of sp³-hybridized carbons (Fsp3) is 0.120. The van der Waals surface area contributed by atoms with E-state index in [1.54, 1.807) is 54.2 Å². The second kappa shape index (κ2) is 10.2. The van der Waals surface area contributed by atoms with Gasteiger partial charge in [-0.2, -0.15) is 5.10 Å². The number of hydrogen-bond donors (Lipinski definition) is 1. The molecule has 0 aliphatic rings. The Morgan fingerprint density at radius 1 is 1.09 bits per heavy atom. The van der Waals surface area contributed by atoms with Crippen LogP contribution in [0.2, 0.25) is 5.02 Å². The molecule has 0 fully saturated rings. The highest BCUT2D eigenvalue weighted by Crippen LogP contribution is 2.24. The molecule has 8 nitrogen and oxygen atoms in total. The van der Waals surface area contributed by atoms with Crippen LogP contribution < -0.4 is 10.1 Å².